The summed E-state index contributed by atoms with van der Waals surface area (Å²) in [6.45, 7) is 10.5. The maximum Gasteiger partial charge on any atom is 0.336 e. The van der Waals surface area contributed by atoms with E-state index in [-0.39, 0.29) is 11.4 Å². The van der Waals surface area contributed by atoms with Crippen molar-refractivity contribution in [3.63, 3.8) is 0 Å². The molecule has 0 bridgehead atoms. The van der Waals surface area contributed by atoms with Crippen molar-refractivity contribution in [3.05, 3.63) is 117 Å². The van der Waals surface area contributed by atoms with E-state index in [9.17, 15) is 43.2 Å². The Bertz CT molecular complexity index is 2540. The molecule has 7 N–H and O–H groups in total. The Morgan fingerprint density at radius 1 is 0.588 bits per heavy atom. The third-order valence-corrected chi connectivity index (χ3v) is 10.7. The standard InChI is InChI=1S/C19H26N4O3.C15H24N4O4.C12H20N4O3/c1-3-4-5-9-12-20-18(25)23-14-16(17(24)21-19(23)26)22(2)13-15-10-7-6-8-11-15;1-2-3-4-5-6-16-14(21)19-11-12(13(20)17-15(19)22)18-7-9-23-10-8-18;1-3-4-5-6-7-14-11(18)16-8-9(13-2)10(17)15-12(16)19/h6-8,10-11,14H,3-5,9,12-13H2,1-2H3,(H,20,25)(H,21,24,26);11H,2-10H2,1H3,(H,16,21)(H,17,20,22);8,13H,3-7H2,1-2H3,(H,14,18)(H,15,17,19). The number of hydrogen-bond donors (Lipinski definition) is 7. The van der Waals surface area contributed by atoms with Crippen LogP contribution in [0.1, 0.15) is 103 Å². The number of morpholine rings is 1. The highest BCUT2D eigenvalue weighted by Gasteiger charge is 2.19. The van der Waals surface area contributed by atoms with Gasteiger partial charge in [0.15, 0.2) is 0 Å². The van der Waals surface area contributed by atoms with E-state index in [0.717, 1.165) is 96.3 Å². The van der Waals surface area contributed by atoms with Gasteiger partial charge in [0, 0.05) is 72.0 Å². The average molecular weight is 951 g/mol. The fraction of sp³-hybridized carbons (Fsp3) is 0.543. The molecule has 4 aromatic rings. The minimum atomic E-state index is -0.741. The van der Waals surface area contributed by atoms with Crippen LogP contribution < -0.4 is 64.8 Å². The molecule has 0 spiro atoms. The minimum Gasteiger partial charge on any atom is -0.382 e. The minimum absolute atomic E-state index is 0.167. The number of amides is 3. The lowest BCUT2D eigenvalue weighted by Gasteiger charge is -2.28. The molecule has 1 aliphatic rings. The molecule has 1 aromatic carbocycles. The topological polar surface area (TPSA) is 280 Å². The summed E-state index contributed by atoms with van der Waals surface area (Å²) in [4.78, 5) is 117. The van der Waals surface area contributed by atoms with Gasteiger partial charge in [-0.25, -0.2) is 42.5 Å². The number of H-pyrrole nitrogens is 3. The Balaban J connectivity index is 0.000000274. The van der Waals surface area contributed by atoms with E-state index in [0.29, 0.717) is 58.2 Å². The average Bonchev–Trinajstić information content (AvgIpc) is 3.32. The van der Waals surface area contributed by atoms with Gasteiger partial charge in [-0.05, 0) is 24.8 Å². The van der Waals surface area contributed by atoms with Crippen LogP contribution in [0.25, 0.3) is 0 Å². The van der Waals surface area contributed by atoms with Gasteiger partial charge in [0.05, 0.1) is 13.2 Å². The normalized spacial score (nSPS) is 11.9. The molecule has 1 saturated heterocycles. The number of nitrogens with zero attached hydrogens (tertiary/aromatic N) is 5. The number of aromatic nitrogens is 6. The van der Waals surface area contributed by atoms with Gasteiger partial charge in [-0.1, -0.05) is 109 Å². The molecule has 0 atom stereocenters. The molecule has 0 saturated carbocycles. The van der Waals surface area contributed by atoms with Gasteiger partial charge in [0.2, 0.25) is 0 Å². The quantitative estimate of drug-likeness (QED) is 0.0626. The molecule has 374 valence electrons. The van der Waals surface area contributed by atoms with Gasteiger partial charge in [0.1, 0.15) is 17.1 Å². The number of unbranched alkanes of at least 4 members (excludes halogenated alkanes) is 9. The lowest BCUT2D eigenvalue weighted by molar-refractivity contribution is 0.122. The van der Waals surface area contributed by atoms with Gasteiger partial charge in [-0.2, -0.15) is 0 Å². The number of nitrogens with one attached hydrogen (secondary N) is 7. The number of aromatic amines is 3. The van der Waals surface area contributed by atoms with Crippen molar-refractivity contribution in [1.82, 2.24) is 44.6 Å². The van der Waals surface area contributed by atoms with Crippen LogP contribution in [0.2, 0.25) is 0 Å². The highest BCUT2D eigenvalue weighted by Crippen LogP contribution is 2.10. The second-order valence-corrected chi connectivity index (χ2v) is 16.0. The van der Waals surface area contributed by atoms with E-state index in [4.69, 9.17) is 4.74 Å². The first kappa shape index (κ1) is 55.4. The molecule has 68 heavy (non-hydrogen) atoms. The predicted octanol–water partition coefficient (Wildman–Crippen LogP) is 3.54. The Morgan fingerprint density at radius 3 is 1.50 bits per heavy atom. The molecule has 0 aliphatic carbocycles. The third-order valence-electron chi connectivity index (χ3n) is 10.7. The van der Waals surface area contributed by atoms with Gasteiger partial charge >= 0.3 is 35.2 Å². The van der Waals surface area contributed by atoms with Crippen LogP contribution >= 0.6 is 0 Å². The molecule has 22 heteroatoms. The van der Waals surface area contributed by atoms with E-state index in [1.54, 1.807) is 19.0 Å². The molecule has 4 heterocycles. The lowest BCUT2D eigenvalue weighted by atomic mass is 10.2. The molecular weight excluding hydrogens is 881 g/mol. The highest BCUT2D eigenvalue weighted by atomic mass is 16.5. The number of rotatable bonds is 20. The SMILES string of the molecule is CCCCCCNC(=O)n1cc(N(C)Cc2ccccc2)c(=O)[nH]c1=O.CCCCCCNC(=O)n1cc(N2CCOCC2)c(=O)[nH]c1=O.CCCCCCNC(=O)n1cc(NC)c(=O)[nH]c1=O. The van der Waals surface area contributed by atoms with Crippen LogP contribution in [0, 0.1) is 0 Å². The summed E-state index contributed by atoms with van der Waals surface area (Å²) >= 11 is 0. The second-order valence-electron chi connectivity index (χ2n) is 16.0. The van der Waals surface area contributed by atoms with E-state index in [1.165, 1.54) is 18.6 Å². The van der Waals surface area contributed by atoms with E-state index in [1.807, 2.05) is 35.2 Å². The van der Waals surface area contributed by atoms with Crippen molar-refractivity contribution in [3.8, 4) is 0 Å². The zero-order valence-corrected chi connectivity index (χ0v) is 40.1. The summed E-state index contributed by atoms with van der Waals surface area (Å²) < 4.78 is 7.94. The number of carbonyl (C=O) groups excluding carboxylic acids is 3. The summed E-state index contributed by atoms with van der Waals surface area (Å²) in [5, 5.41) is 10.7. The van der Waals surface area contributed by atoms with E-state index in [2.05, 4.69) is 57.0 Å². The van der Waals surface area contributed by atoms with Gasteiger partial charge < -0.3 is 35.8 Å². The molecule has 0 unspecified atom stereocenters. The Kier molecular flexibility index (Phi) is 24.7. The second kappa shape index (κ2) is 30.3. The summed E-state index contributed by atoms with van der Waals surface area (Å²) in [5.41, 5.74) is -1.98. The summed E-state index contributed by atoms with van der Waals surface area (Å²) in [6.07, 6.45) is 16.2. The Hall–Kier alpha value is -6.97. The smallest absolute Gasteiger partial charge is 0.336 e. The van der Waals surface area contributed by atoms with Crippen LogP contribution in [0.3, 0.4) is 0 Å². The zero-order valence-electron chi connectivity index (χ0n) is 40.1. The molecule has 1 aliphatic heterocycles. The van der Waals surface area contributed by atoms with Crippen LogP contribution in [0.5, 0.6) is 0 Å². The van der Waals surface area contributed by atoms with Crippen molar-refractivity contribution in [1.29, 1.82) is 0 Å². The zero-order chi connectivity index (χ0) is 49.8. The monoisotopic (exact) mass is 951 g/mol. The van der Waals surface area contributed by atoms with Crippen LogP contribution in [-0.4, -0.2) is 107 Å². The maximum absolute atomic E-state index is 12.3. The summed E-state index contributed by atoms with van der Waals surface area (Å²) in [6, 6.07) is 8.07. The van der Waals surface area contributed by atoms with Crippen LogP contribution in [0.15, 0.2) is 77.7 Å². The molecule has 3 aromatic heterocycles. The van der Waals surface area contributed by atoms with Crippen molar-refractivity contribution < 1.29 is 19.1 Å². The highest BCUT2D eigenvalue weighted by molar-refractivity contribution is 5.78. The molecular formula is C46H70N12O10. The maximum atomic E-state index is 12.3. The van der Waals surface area contributed by atoms with Crippen molar-refractivity contribution in [2.75, 3.05) is 75.1 Å². The van der Waals surface area contributed by atoms with Crippen LogP contribution in [0.4, 0.5) is 31.4 Å². The number of carbonyl (C=O) groups is 3. The van der Waals surface area contributed by atoms with Crippen molar-refractivity contribution in [2.45, 2.75) is 104 Å². The van der Waals surface area contributed by atoms with Crippen molar-refractivity contribution in [2.24, 2.45) is 0 Å². The summed E-state index contributed by atoms with van der Waals surface area (Å²) in [5.74, 6) is 0. The van der Waals surface area contributed by atoms with Gasteiger partial charge in [0.25, 0.3) is 16.7 Å². The molecule has 1 fully saturated rings. The lowest BCUT2D eigenvalue weighted by Crippen LogP contribution is -2.44. The Morgan fingerprint density at radius 2 is 1.03 bits per heavy atom. The molecule has 3 amide bonds. The van der Waals surface area contributed by atoms with E-state index < -0.39 is 51.8 Å². The van der Waals surface area contributed by atoms with Crippen molar-refractivity contribution >= 4 is 35.2 Å². The van der Waals surface area contributed by atoms with Gasteiger partial charge in [-0.3, -0.25) is 29.3 Å². The number of benzene rings is 1. The van der Waals surface area contributed by atoms with E-state index >= 15 is 0 Å². The summed E-state index contributed by atoms with van der Waals surface area (Å²) in [7, 11) is 3.29. The molecule has 0 radical (unpaired) electrons. The number of anilines is 3. The number of hydrogen-bond acceptors (Lipinski definition) is 13. The number of ether oxygens (including phenoxy) is 1. The first-order valence-corrected chi connectivity index (χ1v) is 23.4. The first-order valence-electron chi connectivity index (χ1n) is 23.4. The fourth-order valence-electron chi connectivity index (χ4n) is 6.76. The third kappa shape index (κ3) is 18.4. The van der Waals surface area contributed by atoms with Gasteiger partial charge in [-0.15, -0.1) is 0 Å². The largest absolute Gasteiger partial charge is 0.382 e. The Labute approximate surface area is 394 Å². The predicted molar refractivity (Wildman–Crippen MR) is 264 cm³/mol. The molecule has 5 rings (SSSR count). The van der Waals surface area contributed by atoms with Crippen LogP contribution in [-0.2, 0) is 11.3 Å². The first-order chi connectivity index (χ1) is 32.8. The molecule has 22 nitrogen and oxygen atoms in total. The fourth-order valence-corrected chi connectivity index (χ4v) is 6.76.